The Bertz CT molecular complexity index is 469. The minimum absolute atomic E-state index is 0.0367. The highest BCUT2D eigenvalue weighted by Gasteiger charge is 2.41. The minimum Gasteiger partial charge on any atom is -0.382 e. The van der Waals surface area contributed by atoms with Crippen LogP contribution in [0, 0.1) is 17.7 Å². The summed E-state index contributed by atoms with van der Waals surface area (Å²) in [6, 6.07) is 4.99. The highest BCUT2D eigenvalue weighted by Crippen LogP contribution is 2.45. The fourth-order valence-corrected chi connectivity index (χ4v) is 2.53. The lowest BCUT2D eigenvalue weighted by atomic mass is 10.1. The Balaban J connectivity index is 1.78. The van der Waals surface area contributed by atoms with Gasteiger partial charge in [0.05, 0.1) is 5.56 Å². The number of rotatable bonds is 5. The van der Waals surface area contributed by atoms with Crippen LogP contribution in [0.1, 0.15) is 36.0 Å². The molecule has 3 N–H and O–H groups in total. The maximum Gasteiger partial charge on any atom is 0.251 e. The maximum atomic E-state index is 13.4. The molecule has 3 nitrogen and oxygen atoms in total. The van der Waals surface area contributed by atoms with E-state index in [1.165, 1.54) is 37.8 Å². The highest BCUT2D eigenvalue weighted by atomic mass is 19.1. The quantitative estimate of drug-likeness (QED) is 0.841. The van der Waals surface area contributed by atoms with Crippen LogP contribution in [-0.4, -0.2) is 11.9 Å². The molecule has 2 saturated carbocycles. The SMILES string of the molecule is NC(=O)c1cc(NC(C2CC2)C2CC2)ccc1F. The third-order valence-electron chi connectivity index (χ3n) is 3.82. The van der Waals surface area contributed by atoms with Crippen molar-refractivity contribution >= 4 is 11.6 Å². The molecule has 0 aromatic heterocycles. The normalized spacial score (nSPS) is 19.0. The van der Waals surface area contributed by atoms with E-state index in [0.29, 0.717) is 6.04 Å². The molecule has 0 heterocycles. The predicted molar refractivity (Wildman–Crippen MR) is 67.8 cm³/mol. The fourth-order valence-electron chi connectivity index (χ4n) is 2.53. The van der Waals surface area contributed by atoms with Crippen molar-refractivity contribution in [2.24, 2.45) is 17.6 Å². The van der Waals surface area contributed by atoms with E-state index >= 15 is 0 Å². The summed E-state index contributed by atoms with van der Waals surface area (Å²) in [5.41, 5.74) is 5.92. The van der Waals surface area contributed by atoms with Crippen molar-refractivity contribution in [3.8, 4) is 0 Å². The molecule has 0 spiro atoms. The third-order valence-corrected chi connectivity index (χ3v) is 3.82. The minimum atomic E-state index is -0.717. The number of carbonyl (C=O) groups excluding carboxylic acids is 1. The second-order valence-corrected chi connectivity index (χ2v) is 5.40. The van der Waals surface area contributed by atoms with Crippen molar-refractivity contribution in [1.29, 1.82) is 0 Å². The van der Waals surface area contributed by atoms with E-state index in [0.717, 1.165) is 17.5 Å². The van der Waals surface area contributed by atoms with Crippen LogP contribution >= 0.6 is 0 Å². The van der Waals surface area contributed by atoms with Gasteiger partial charge in [0.2, 0.25) is 0 Å². The standard InChI is InChI=1S/C14H17FN2O/c15-12-6-5-10(7-11(12)14(16)18)17-13(8-1-2-8)9-3-4-9/h5-9,13,17H,1-4H2,(H2,16,18). The second-order valence-electron chi connectivity index (χ2n) is 5.40. The Hall–Kier alpha value is -1.58. The summed E-state index contributed by atoms with van der Waals surface area (Å²) in [5.74, 6) is 0.229. The first-order valence-corrected chi connectivity index (χ1v) is 6.51. The number of nitrogens with one attached hydrogen (secondary N) is 1. The van der Waals surface area contributed by atoms with Crippen LogP contribution in [0.4, 0.5) is 10.1 Å². The summed E-state index contributed by atoms with van der Waals surface area (Å²) in [6.07, 6.45) is 5.10. The molecule has 1 aromatic rings. The lowest BCUT2D eigenvalue weighted by molar-refractivity contribution is 0.0996. The number of hydrogen-bond acceptors (Lipinski definition) is 2. The van der Waals surface area contributed by atoms with E-state index in [1.54, 1.807) is 6.07 Å². The van der Waals surface area contributed by atoms with Gasteiger partial charge in [0.25, 0.3) is 5.91 Å². The summed E-state index contributed by atoms with van der Waals surface area (Å²) in [5, 5.41) is 3.45. The molecule has 4 heteroatoms. The molecule has 2 fully saturated rings. The van der Waals surface area contributed by atoms with Crippen molar-refractivity contribution < 1.29 is 9.18 Å². The number of amides is 1. The summed E-state index contributed by atoms with van der Waals surface area (Å²) in [6.45, 7) is 0. The van der Waals surface area contributed by atoms with E-state index in [4.69, 9.17) is 5.73 Å². The number of hydrogen-bond donors (Lipinski definition) is 2. The van der Waals surface area contributed by atoms with Crippen molar-refractivity contribution in [3.05, 3.63) is 29.6 Å². The van der Waals surface area contributed by atoms with E-state index in [-0.39, 0.29) is 5.56 Å². The van der Waals surface area contributed by atoms with Gasteiger partial charge in [-0.15, -0.1) is 0 Å². The summed E-state index contributed by atoms with van der Waals surface area (Å²) >= 11 is 0. The lowest BCUT2D eigenvalue weighted by Crippen LogP contribution is -2.24. The summed E-state index contributed by atoms with van der Waals surface area (Å²) in [4.78, 5) is 11.1. The number of anilines is 1. The average molecular weight is 248 g/mol. The topological polar surface area (TPSA) is 55.1 Å². The molecule has 0 atom stereocenters. The van der Waals surface area contributed by atoms with Crippen molar-refractivity contribution in [2.75, 3.05) is 5.32 Å². The van der Waals surface area contributed by atoms with Gasteiger partial charge in [-0.25, -0.2) is 4.39 Å². The van der Waals surface area contributed by atoms with Crippen LogP contribution in [0.3, 0.4) is 0 Å². The fraction of sp³-hybridized carbons (Fsp3) is 0.500. The first-order chi connectivity index (χ1) is 8.65. The average Bonchev–Trinajstić information content (AvgIpc) is 3.20. The molecule has 0 unspecified atom stereocenters. The molecule has 0 saturated heterocycles. The zero-order valence-corrected chi connectivity index (χ0v) is 10.2. The van der Waals surface area contributed by atoms with E-state index < -0.39 is 11.7 Å². The molecule has 2 aliphatic carbocycles. The van der Waals surface area contributed by atoms with Gasteiger partial charge in [-0.05, 0) is 55.7 Å². The van der Waals surface area contributed by atoms with Gasteiger partial charge in [0.1, 0.15) is 5.82 Å². The number of benzene rings is 1. The molecular weight excluding hydrogens is 231 g/mol. The molecule has 1 amide bonds. The molecule has 2 aliphatic rings. The van der Waals surface area contributed by atoms with Gasteiger partial charge < -0.3 is 11.1 Å². The number of nitrogens with two attached hydrogens (primary N) is 1. The zero-order valence-electron chi connectivity index (χ0n) is 10.2. The molecular formula is C14H17FN2O. The van der Waals surface area contributed by atoms with Crippen molar-refractivity contribution in [3.63, 3.8) is 0 Å². The predicted octanol–water partition coefficient (Wildman–Crippen LogP) is 2.53. The van der Waals surface area contributed by atoms with Crippen LogP contribution in [0.5, 0.6) is 0 Å². The summed E-state index contributed by atoms with van der Waals surface area (Å²) < 4.78 is 13.4. The molecule has 3 rings (SSSR count). The molecule has 0 radical (unpaired) electrons. The molecule has 96 valence electrons. The first kappa shape index (κ1) is 11.5. The Morgan fingerprint density at radius 1 is 1.28 bits per heavy atom. The maximum absolute atomic E-state index is 13.4. The van der Waals surface area contributed by atoms with Gasteiger partial charge in [0.15, 0.2) is 0 Å². The first-order valence-electron chi connectivity index (χ1n) is 6.51. The van der Waals surface area contributed by atoms with E-state index in [9.17, 15) is 9.18 Å². The molecule has 18 heavy (non-hydrogen) atoms. The van der Waals surface area contributed by atoms with E-state index in [1.807, 2.05) is 0 Å². The van der Waals surface area contributed by atoms with E-state index in [2.05, 4.69) is 5.32 Å². The number of carbonyl (C=O) groups is 1. The van der Waals surface area contributed by atoms with Crippen LogP contribution in [0.15, 0.2) is 18.2 Å². The van der Waals surface area contributed by atoms with Gasteiger partial charge >= 0.3 is 0 Å². The molecule has 1 aromatic carbocycles. The molecule has 0 bridgehead atoms. The van der Waals surface area contributed by atoms with Gasteiger partial charge in [-0.2, -0.15) is 0 Å². The Morgan fingerprint density at radius 3 is 2.39 bits per heavy atom. The van der Waals surface area contributed by atoms with Crippen molar-refractivity contribution in [1.82, 2.24) is 0 Å². The number of primary amides is 1. The smallest absolute Gasteiger partial charge is 0.251 e. The van der Waals surface area contributed by atoms with Gasteiger partial charge in [0, 0.05) is 11.7 Å². The van der Waals surface area contributed by atoms with Crippen LogP contribution < -0.4 is 11.1 Å². The number of halogens is 1. The second kappa shape index (κ2) is 4.26. The summed E-state index contributed by atoms with van der Waals surface area (Å²) in [7, 11) is 0. The van der Waals surface area contributed by atoms with Crippen LogP contribution in [-0.2, 0) is 0 Å². The highest BCUT2D eigenvalue weighted by molar-refractivity contribution is 5.94. The van der Waals surface area contributed by atoms with Crippen LogP contribution in [0.2, 0.25) is 0 Å². The lowest BCUT2D eigenvalue weighted by Gasteiger charge is -2.19. The Morgan fingerprint density at radius 2 is 1.89 bits per heavy atom. The van der Waals surface area contributed by atoms with Gasteiger partial charge in [-0.3, -0.25) is 4.79 Å². The zero-order chi connectivity index (χ0) is 12.7. The molecule has 0 aliphatic heterocycles. The third kappa shape index (κ3) is 2.33. The van der Waals surface area contributed by atoms with Crippen LogP contribution in [0.25, 0.3) is 0 Å². The van der Waals surface area contributed by atoms with Gasteiger partial charge in [-0.1, -0.05) is 0 Å². The Labute approximate surface area is 106 Å². The Kier molecular flexibility index (Phi) is 2.73. The monoisotopic (exact) mass is 248 g/mol. The van der Waals surface area contributed by atoms with Crippen molar-refractivity contribution in [2.45, 2.75) is 31.7 Å². The largest absolute Gasteiger partial charge is 0.382 e.